The molecule has 0 saturated carbocycles. The van der Waals surface area contributed by atoms with Crippen molar-refractivity contribution in [2.75, 3.05) is 21.3 Å². The molecule has 1 unspecified atom stereocenters. The maximum atomic E-state index is 5.50. The van der Waals surface area contributed by atoms with Crippen molar-refractivity contribution in [3.63, 3.8) is 0 Å². The third kappa shape index (κ3) is 3.99. The van der Waals surface area contributed by atoms with Crippen LogP contribution in [0.4, 0.5) is 0 Å². The number of rotatable bonds is 5. The highest BCUT2D eigenvalue weighted by Gasteiger charge is 2.34. The lowest BCUT2D eigenvalue weighted by Gasteiger charge is -2.24. The van der Waals surface area contributed by atoms with E-state index in [0.717, 1.165) is 0 Å². The van der Waals surface area contributed by atoms with Crippen LogP contribution in [0, 0.1) is 0 Å². The summed E-state index contributed by atoms with van der Waals surface area (Å²) in [4.78, 5) is 0. The largest absolute Gasteiger partial charge is 0.488 e. The fourth-order valence-corrected chi connectivity index (χ4v) is 4.26. The summed E-state index contributed by atoms with van der Waals surface area (Å²) >= 11 is 0. The second-order valence-corrected chi connectivity index (χ2v) is 7.28. The van der Waals surface area contributed by atoms with Crippen molar-refractivity contribution in [3.8, 4) is 0 Å². The molecule has 0 saturated heterocycles. The van der Waals surface area contributed by atoms with Crippen LogP contribution in [-0.4, -0.2) is 39.4 Å². The molecule has 68 valence electrons. The van der Waals surface area contributed by atoms with Crippen molar-refractivity contribution in [3.05, 3.63) is 0 Å². The van der Waals surface area contributed by atoms with Gasteiger partial charge in [-0.25, -0.2) is 0 Å². The summed E-state index contributed by atoms with van der Waals surface area (Å²) in [7, 11) is 0.941. The van der Waals surface area contributed by atoms with Gasteiger partial charge in [0.25, 0.3) is 0 Å². The van der Waals surface area contributed by atoms with Crippen molar-refractivity contribution in [2.24, 2.45) is 0 Å². The van der Waals surface area contributed by atoms with E-state index in [1.54, 1.807) is 21.3 Å². The van der Waals surface area contributed by atoms with Gasteiger partial charge in [-0.2, -0.15) is 0 Å². The molecule has 0 N–H and O–H groups in total. The molecule has 0 aliphatic rings. The van der Waals surface area contributed by atoms with Gasteiger partial charge in [0.15, 0.2) is 0 Å². The Bertz CT molecular complexity index is 107. The summed E-state index contributed by atoms with van der Waals surface area (Å²) in [5.74, 6) is 0. The van der Waals surface area contributed by atoms with Gasteiger partial charge in [-0.05, 0) is 6.55 Å². The van der Waals surface area contributed by atoms with E-state index in [0.29, 0.717) is 0 Å². The van der Waals surface area contributed by atoms with Gasteiger partial charge < -0.3 is 17.4 Å². The Morgan fingerprint density at radius 3 is 1.82 bits per heavy atom. The third-order valence-corrected chi connectivity index (χ3v) is 6.64. The zero-order valence-corrected chi connectivity index (χ0v) is 9.87. The van der Waals surface area contributed by atoms with E-state index in [2.05, 4.69) is 0 Å². The molecule has 0 bridgehead atoms. The molecule has 6 heteroatoms. The maximum absolute atomic E-state index is 5.50. The second kappa shape index (κ2) is 5.01. The first-order valence-corrected chi connectivity index (χ1v) is 7.71. The van der Waals surface area contributed by atoms with Crippen LogP contribution in [0.1, 0.15) is 0 Å². The molecule has 4 nitrogen and oxygen atoms in total. The maximum Gasteiger partial charge on any atom is 0.488 e. The standard InChI is InChI=1S/C5H16O4Si2/c1-6-10(4)9-11(5,7-2)8-3/h10H,1-5H3. The smallest absolute Gasteiger partial charge is 0.400 e. The zero-order chi connectivity index (χ0) is 8.91. The molecule has 0 radical (unpaired) electrons. The first-order valence-electron chi connectivity index (χ1n) is 3.39. The highest BCUT2D eigenvalue weighted by Crippen LogP contribution is 2.07. The average Bonchev–Trinajstić information content (AvgIpc) is 2.04. The minimum atomic E-state index is -2.34. The monoisotopic (exact) mass is 196 g/mol. The molecule has 0 aromatic heterocycles. The van der Waals surface area contributed by atoms with Crippen molar-refractivity contribution < 1.29 is 17.4 Å². The minimum absolute atomic E-state index is 1.53. The second-order valence-electron chi connectivity index (χ2n) is 2.19. The van der Waals surface area contributed by atoms with Crippen molar-refractivity contribution in [1.82, 2.24) is 0 Å². The zero-order valence-electron chi connectivity index (χ0n) is 7.71. The molecule has 1 atom stereocenters. The predicted octanol–water partition coefficient (Wildman–Crippen LogP) is 0.361. The molecule has 0 aliphatic carbocycles. The van der Waals surface area contributed by atoms with Crippen LogP contribution in [0.3, 0.4) is 0 Å². The fourth-order valence-electron chi connectivity index (χ4n) is 0.529. The average molecular weight is 196 g/mol. The quantitative estimate of drug-likeness (QED) is 0.595. The van der Waals surface area contributed by atoms with Crippen molar-refractivity contribution in [1.29, 1.82) is 0 Å². The van der Waals surface area contributed by atoms with Crippen molar-refractivity contribution >= 4 is 18.1 Å². The predicted molar refractivity (Wildman–Crippen MR) is 46.7 cm³/mol. The normalized spacial score (nSPS) is 15.0. The van der Waals surface area contributed by atoms with Gasteiger partial charge in [0.05, 0.1) is 0 Å². The van der Waals surface area contributed by atoms with Crippen LogP contribution in [0.2, 0.25) is 13.1 Å². The van der Waals surface area contributed by atoms with E-state index >= 15 is 0 Å². The van der Waals surface area contributed by atoms with Crippen molar-refractivity contribution in [2.45, 2.75) is 13.1 Å². The molecule has 11 heavy (non-hydrogen) atoms. The van der Waals surface area contributed by atoms with Crippen LogP contribution in [0.5, 0.6) is 0 Å². The molecular weight excluding hydrogens is 180 g/mol. The lowest BCUT2D eigenvalue weighted by Crippen LogP contribution is -2.45. The Balaban J connectivity index is 3.86. The van der Waals surface area contributed by atoms with E-state index in [9.17, 15) is 0 Å². The van der Waals surface area contributed by atoms with Gasteiger partial charge in [0.1, 0.15) is 0 Å². The van der Waals surface area contributed by atoms with E-state index in [4.69, 9.17) is 17.4 Å². The summed E-state index contributed by atoms with van der Waals surface area (Å²) in [6.07, 6.45) is 0. The Kier molecular flexibility index (Phi) is 5.14. The number of hydrogen-bond donors (Lipinski definition) is 0. The highest BCUT2D eigenvalue weighted by atomic mass is 28.4. The molecule has 0 aromatic carbocycles. The van der Waals surface area contributed by atoms with Gasteiger partial charge in [-0.15, -0.1) is 0 Å². The van der Waals surface area contributed by atoms with Gasteiger partial charge in [0.2, 0.25) is 0 Å². The molecule has 0 fully saturated rings. The molecule has 0 amide bonds. The first-order chi connectivity index (χ1) is 5.08. The third-order valence-electron chi connectivity index (χ3n) is 1.45. The Labute approximate surface area is 70.6 Å². The molecule has 0 aliphatic heterocycles. The number of hydrogen-bond acceptors (Lipinski definition) is 4. The highest BCUT2D eigenvalue weighted by molar-refractivity contribution is 6.67. The molecule has 0 aromatic rings. The van der Waals surface area contributed by atoms with Gasteiger partial charge in [-0.3, -0.25) is 0 Å². The summed E-state index contributed by atoms with van der Waals surface area (Å²) in [5.41, 5.74) is 0. The van der Waals surface area contributed by atoms with Crippen LogP contribution >= 0.6 is 0 Å². The Morgan fingerprint density at radius 2 is 1.55 bits per heavy atom. The Morgan fingerprint density at radius 1 is 1.09 bits per heavy atom. The summed E-state index contributed by atoms with van der Waals surface area (Å²) in [6.45, 7) is 3.78. The van der Waals surface area contributed by atoms with Crippen LogP contribution in [0.25, 0.3) is 0 Å². The fraction of sp³-hybridized carbons (Fsp3) is 1.00. The van der Waals surface area contributed by atoms with E-state index in [1.165, 1.54) is 0 Å². The molecular formula is C5H16O4Si2. The molecule has 0 heterocycles. The van der Waals surface area contributed by atoms with E-state index in [-0.39, 0.29) is 0 Å². The van der Waals surface area contributed by atoms with Gasteiger partial charge >= 0.3 is 18.1 Å². The summed E-state index contributed by atoms with van der Waals surface area (Å²) in [6, 6.07) is 0. The molecule has 0 spiro atoms. The Hall–Kier alpha value is 0.274. The molecule has 0 rings (SSSR count). The topological polar surface area (TPSA) is 36.9 Å². The van der Waals surface area contributed by atoms with Crippen LogP contribution in [-0.2, 0) is 17.4 Å². The van der Waals surface area contributed by atoms with Crippen LogP contribution < -0.4 is 0 Å². The lowest BCUT2D eigenvalue weighted by atomic mass is 11.8. The van der Waals surface area contributed by atoms with Crippen LogP contribution in [0.15, 0.2) is 0 Å². The van der Waals surface area contributed by atoms with E-state index < -0.39 is 18.1 Å². The SMILES string of the molecule is CO[SiH](C)O[Si](C)(OC)OC. The summed E-state index contributed by atoms with van der Waals surface area (Å²) in [5, 5.41) is 0. The van der Waals surface area contributed by atoms with E-state index in [1.807, 2.05) is 13.1 Å². The van der Waals surface area contributed by atoms with Gasteiger partial charge in [0, 0.05) is 27.9 Å². The lowest BCUT2D eigenvalue weighted by molar-refractivity contribution is 0.153. The minimum Gasteiger partial charge on any atom is -0.400 e. The summed E-state index contributed by atoms with van der Waals surface area (Å²) < 4.78 is 20.8. The van der Waals surface area contributed by atoms with Gasteiger partial charge in [-0.1, -0.05) is 0 Å². The first kappa shape index (κ1) is 11.3.